The van der Waals surface area contributed by atoms with Crippen LogP contribution in [0.4, 0.5) is 0 Å². The summed E-state index contributed by atoms with van der Waals surface area (Å²) in [6.07, 6.45) is 13.3. The van der Waals surface area contributed by atoms with E-state index in [0.717, 1.165) is 37.7 Å². The predicted molar refractivity (Wildman–Crippen MR) is 160 cm³/mol. The molecule has 0 spiro atoms. The van der Waals surface area contributed by atoms with Gasteiger partial charge in [-0.1, -0.05) is 61.0 Å². The van der Waals surface area contributed by atoms with Crippen molar-refractivity contribution in [2.24, 2.45) is 50.7 Å². The number of aromatic nitrogens is 2. The lowest BCUT2D eigenvalue weighted by Gasteiger charge is -2.73. The smallest absolute Gasteiger partial charge is 0.256 e. The minimum atomic E-state index is -1.30. The second-order valence-corrected chi connectivity index (χ2v) is 16.4. The van der Waals surface area contributed by atoms with Crippen molar-refractivity contribution in [1.29, 1.82) is 0 Å². The predicted octanol–water partition coefficient (Wildman–Crippen LogP) is 6.90. The first-order valence-electron chi connectivity index (χ1n) is 16.1. The lowest BCUT2D eigenvalue weighted by Crippen LogP contribution is -2.71. The number of nitrogens with zero attached hydrogens (tertiary/aromatic N) is 2. The Morgan fingerprint density at radius 3 is 2.24 bits per heavy atom. The Labute approximate surface area is 246 Å². The van der Waals surface area contributed by atoms with Gasteiger partial charge in [0.15, 0.2) is 5.78 Å². The molecule has 224 valence electrons. The Bertz CT molecular complexity index is 1300. The fourth-order valence-electron chi connectivity index (χ4n) is 11.7. The Kier molecular flexibility index (Phi) is 6.35. The van der Waals surface area contributed by atoms with Crippen molar-refractivity contribution in [1.82, 2.24) is 15.3 Å². The van der Waals surface area contributed by atoms with Crippen molar-refractivity contribution in [2.75, 3.05) is 0 Å². The van der Waals surface area contributed by atoms with E-state index in [1.54, 1.807) is 0 Å². The molecular formula is C35H51N3O3. The van der Waals surface area contributed by atoms with Gasteiger partial charge in [0.2, 0.25) is 0 Å². The fraction of sp³-hybridized carbons (Fsp3) is 0.771. The zero-order valence-electron chi connectivity index (χ0n) is 26.6. The lowest BCUT2D eigenvalue weighted by molar-refractivity contribution is -0.256. The average Bonchev–Trinajstić information content (AvgIpc) is 3.18. The third-order valence-corrected chi connectivity index (χ3v) is 14.2. The average molecular weight is 562 g/mol. The van der Waals surface area contributed by atoms with E-state index >= 15 is 0 Å². The first-order valence-corrected chi connectivity index (χ1v) is 16.1. The highest BCUT2D eigenvalue weighted by molar-refractivity contribution is 6.00. The SMILES string of the molecule is CC(C)C1=C2[C@H]3CC[C@@H]4[C@@]5(C)CC[C@@](O)(NC(=O)c6cncnc6)C(C)(C)[C@@H]5CC[C@@]4(C)[C@]3(C)CC[C@@]2(C)CC1=O. The molecule has 2 N–H and O–H groups in total. The molecule has 1 amide bonds. The largest absolute Gasteiger partial charge is 0.370 e. The molecule has 1 aromatic rings. The first-order chi connectivity index (χ1) is 19.0. The Morgan fingerprint density at radius 1 is 0.902 bits per heavy atom. The van der Waals surface area contributed by atoms with Gasteiger partial charge in [-0.3, -0.25) is 9.59 Å². The molecule has 1 heterocycles. The number of Topliss-reactive ketones (excluding diaryl/α,β-unsaturated/α-hetero) is 1. The number of allylic oxidation sites excluding steroid dienone is 2. The van der Waals surface area contributed by atoms with Crippen molar-refractivity contribution in [3.8, 4) is 0 Å². The summed E-state index contributed by atoms with van der Waals surface area (Å²) in [7, 11) is 0. The molecule has 6 nitrogen and oxygen atoms in total. The maximum atomic E-state index is 13.3. The van der Waals surface area contributed by atoms with Gasteiger partial charge in [0, 0.05) is 24.2 Å². The van der Waals surface area contributed by atoms with Crippen LogP contribution in [-0.2, 0) is 4.79 Å². The summed E-state index contributed by atoms with van der Waals surface area (Å²) in [4.78, 5) is 34.5. The number of carbonyl (C=O) groups excluding carboxylic acids is 2. The van der Waals surface area contributed by atoms with E-state index in [0.29, 0.717) is 36.0 Å². The zero-order valence-corrected chi connectivity index (χ0v) is 26.6. The number of ketones is 1. The maximum Gasteiger partial charge on any atom is 0.256 e. The third kappa shape index (κ3) is 3.70. The second-order valence-electron chi connectivity index (χ2n) is 16.4. The van der Waals surface area contributed by atoms with Crippen LogP contribution in [0, 0.1) is 50.7 Å². The summed E-state index contributed by atoms with van der Waals surface area (Å²) >= 11 is 0. The minimum absolute atomic E-state index is 0.0382. The summed E-state index contributed by atoms with van der Waals surface area (Å²) in [5.41, 5.74) is 1.70. The highest BCUT2D eigenvalue weighted by Gasteiger charge is 2.71. The number of aliphatic hydroxyl groups is 1. The molecule has 5 aliphatic rings. The molecule has 0 unspecified atom stereocenters. The molecule has 0 aromatic carbocycles. The molecule has 6 heteroatoms. The van der Waals surface area contributed by atoms with Crippen LogP contribution in [0.15, 0.2) is 29.9 Å². The van der Waals surface area contributed by atoms with E-state index in [-0.39, 0.29) is 39.4 Å². The number of nitrogens with one attached hydrogen (secondary N) is 1. The van der Waals surface area contributed by atoms with E-state index in [1.165, 1.54) is 37.1 Å². The van der Waals surface area contributed by atoms with Crippen molar-refractivity contribution < 1.29 is 14.7 Å². The van der Waals surface area contributed by atoms with Gasteiger partial charge in [-0.25, -0.2) is 9.97 Å². The Morgan fingerprint density at radius 2 is 1.59 bits per heavy atom. The van der Waals surface area contributed by atoms with Crippen LogP contribution in [0.3, 0.4) is 0 Å². The number of hydrogen-bond acceptors (Lipinski definition) is 5. The molecule has 41 heavy (non-hydrogen) atoms. The monoisotopic (exact) mass is 561 g/mol. The van der Waals surface area contributed by atoms with Gasteiger partial charge in [-0.2, -0.15) is 0 Å². The number of rotatable bonds is 3. The topological polar surface area (TPSA) is 92.2 Å². The molecule has 8 atom stereocenters. The van der Waals surface area contributed by atoms with E-state index in [1.807, 2.05) is 0 Å². The highest BCUT2D eigenvalue weighted by atomic mass is 16.3. The van der Waals surface area contributed by atoms with Crippen LogP contribution in [-0.4, -0.2) is 32.5 Å². The van der Waals surface area contributed by atoms with Gasteiger partial charge in [0.05, 0.1) is 5.56 Å². The third-order valence-electron chi connectivity index (χ3n) is 14.2. The molecule has 6 rings (SSSR count). The molecule has 0 bridgehead atoms. The van der Waals surface area contributed by atoms with Crippen LogP contribution >= 0.6 is 0 Å². The van der Waals surface area contributed by atoms with Gasteiger partial charge in [-0.15, -0.1) is 0 Å². The quantitative estimate of drug-likeness (QED) is 0.392. The molecule has 0 saturated heterocycles. The van der Waals surface area contributed by atoms with Gasteiger partial charge in [0.25, 0.3) is 5.91 Å². The van der Waals surface area contributed by atoms with Crippen molar-refractivity contribution >= 4 is 11.7 Å². The number of hydrogen-bond donors (Lipinski definition) is 2. The summed E-state index contributed by atoms with van der Waals surface area (Å²) in [5, 5.41) is 15.1. The molecule has 4 saturated carbocycles. The summed E-state index contributed by atoms with van der Waals surface area (Å²) in [6.45, 7) is 18.8. The van der Waals surface area contributed by atoms with E-state index < -0.39 is 11.1 Å². The second kappa shape index (κ2) is 8.97. The first kappa shape index (κ1) is 29.0. The van der Waals surface area contributed by atoms with Crippen molar-refractivity contribution in [3.63, 3.8) is 0 Å². The van der Waals surface area contributed by atoms with Crippen LogP contribution in [0.25, 0.3) is 0 Å². The molecule has 4 fully saturated rings. The number of carbonyl (C=O) groups is 2. The summed E-state index contributed by atoms with van der Waals surface area (Å²) in [6, 6.07) is 0. The minimum Gasteiger partial charge on any atom is -0.370 e. The van der Waals surface area contributed by atoms with Crippen molar-refractivity contribution in [2.45, 2.75) is 119 Å². The molecule has 5 aliphatic carbocycles. The lowest BCUT2D eigenvalue weighted by atomic mass is 9.32. The normalized spacial score (nSPS) is 45.0. The van der Waals surface area contributed by atoms with E-state index in [2.05, 4.69) is 70.7 Å². The Balaban J connectivity index is 1.34. The number of amides is 1. The summed E-state index contributed by atoms with van der Waals surface area (Å²) < 4.78 is 0. The maximum absolute atomic E-state index is 13.3. The van der Waals surface area contributed by atoms with E-state index in [9.17, 15) is 14.7 Å². The molecule has 0 aliphatic heterocycles. The molecule has 1 aromatic heterocycles. The highest BCUT2D eigenvalue weighted by Crippen LogP contribution is 2.77. The van der Waals surface area contributed by atoms with Crippen LogP contribution in [0.5, 0.6) is 0 Å². The van der Waals surface area contributed by atoms with Gasteiger partial charge in [0.1, 0.15) is 12.1 Å². The van der Waals surface area contributed by atoms with E-state index in [4.69, 9.17) is 0 Å². The van der Waals surface area contributed by atoms with Crippen molar-refractivity contribution in [3.05, 3.63) is 35.4 Å². The van der Waals surface area contributed by atoms with Gasteiger partial charge < -0.3 is 10.4 Å². The van der Waals surface area contributed by atoms with Gasteiger partial charge >= 0.3 is 0 Å². The molecular weight excluding hydrogens is 510 g/mol. The number of fused-ring (bicyclic) bond motifs is 7. The zero-order chi connectivity index (χ0) is 29.8. The van der Waals surface area contributed by atoms with Crippen LogP contribution in [0.1, 0.15) is 124 Å². The van der Waals surface area contributed by atoms with Crippen LogP contribution < -0.4 is 5.32 Å². The van der Waals surface area contributed by atoms with Crippen LogP contribution in [0.2, 0.25) is 0 Å². The standard InChI is InChI=1S/C35H51N3O3/c1-21(2)27-24(39)17-31(5)13-15-33(7)23(28(27)31)9-10-26-32(6)14-16-35(41,38-29(40)22-18-36-20-37-19-22)30(3,4)25(32)11-12-34(26,33)8/h18-21,23,25-26,41H,9-17H2,1-8H3,(H,38,40)/t23-,25+,26-,31+,32+,33-,34-,35+/m1/s1. The summed E-state index contributed by atoms with van der Waals surface area (Å²) in [5.74, 6) is 1.68. The molecule has 0 radical (unpaired) electrons. The Hall–Kier alpha value is -2.08. The van der Waals surface area contributed by atoms with Gasteiger partial charge in [-0.05, 0) is 102 Å². The fourth-order valence-corrected chi connectivity index (χ4v) is 11.7.